The highest BCUT2D eigenvalue weighted by molar-refractivity contribution is 6.30. The van der Waals surface area contributed by atoms with E-state index in [-0.39, 0.29) is 18.7 Å². The minimum Gasteiger partial charge on any atom is -0.326 e. The molecule has 1 heterocycles. The number of amides is 4. The van der Waals surface area contributed by atoms with Crippen LogP contribution in [0.1, 0.15) is 12.8 Å². The van der Waals surface area contributed by atoms with Gasteiger partial charge in [-0.25, -0.2) is 4.79 Å². The number of nitrogens with one attached hydrogen (secondary N) is 3. The van der Waals surface area contributed by atoms with Crippen LogP contribution in [0.15, 0.2) is 24.3 Å². The van der Waals surface area contributed by atoms with Crippen LogP contribution >= 0.6 is 11.6 Å². The van der Waals surface area contributed by atoms with Gasteiger partial charge in [-0.05, 0) is 30.7 Å². The topological polar surface area (TPSA) is 87.3 Å². The molecular formula is C12H12ClN3O3. The number of carbonyl (C=O) groups excluding carboxylic acids is 3. The molecule has 4 amide bonds. The van der Waals surface area contributed by atoms with Crippen molar-refractivity contribution in [2.45, 2.75) is 18.9 Å². The SMILES string of the molecule is O=C(CC[C@@H]1NC(=O)NC1=O)Nc1ccc(Cl)cc1. The average molecular weight is 282 g/mol. The maximum atomic E-state index is 11.7. The number of imide groups is 1. The fourth-order valence-corrected chi connectivity index (χ4v) is 1.82. The predicted molar refractivity (Wildman–Crippen MR) is 69.8 cm³/mol. The van der Waals surface area contributed by atoms with Crippen molar-refractivity contribution in [1.29, 1.82) is 0 Å². The zero-order valence-electron chi connectivity index (χ0n) is 9.90. The molecular weight excluding hydrogens is 270 g/mol. The average Bonchev–Trinajstić information content (AvgIpc) is 2.68. The third kappa shape index (κ3) is 3.69. The van der Waals surface area contributed by atoms with E-state index >= 15 is 0 Å². The van der Waals surface area contributed by atoms with Crippen LogP contribution in [0.3, 0.4) is 0 Å². The van der Waals surface area contributed by atoms with Crippen molar-refractivity contribution in [1.82, 2.24) is 10.6 Å². The Balaban J connectivity index is 1.80. The van der Waals surface area contributed by atoms with E-state index < -0.39 is 18.0 Å². The van der Waals surface area contributed by atoms with Crippen molar-refractivity contribution >= 4 is 35.1 Å². The molecule has 0 unspecified atom stereocenters. The second kappa shape index (κ2) is 5.71. The molecule has 0 aliphatic carbocycles. The summed E-state index contributed by atoms with van der Waals surface area (Å²) in [5.74, 6) is -0.624. The summed E-state index contributed by atoms with van der Waals surface area (Å²) in [4.78, 5) is 33.8. The van der Waals surface area contributed by atoms with Crippen molar-refractivity contribution in [3.8, 4) is 0 Å². The minimum absolute atomic E-state index is 0.140. The van der Waals surface area contributed by atoms with E-state index in [1.165, 1.54) is 0 Å². The van der Waals surface area contributed by atoms with Crippen LogP contribution in [0.2, 0.25) is 5.02 Å². The highest BCUT2D eigenvalue weighted by atomic mass is 35.5. The lowest BCUT2D eigenvalue weighted by atomic mass is 10.1. The van der Waals surface area contributed by atoms with Gasteiger partial charge in [0, 0.05) is 17.1 Å². The fourth-order valence-electron chi connectivity index (χ4n) is 1.69. The van der Waals surface area contributed by atoms with Crippen molar-refractivity contribution in [3.05, 3.63) is 29.3 Å². The van der Waals surface area contributed by atoms with Gasteiger partial charge in [0.1, 0.15) is 6.04 Å². The molecule has 6 nitrogen and oxygen atoms in total. The number of halogens is 1. The summed E-state index contributed by atoms with van der Waals surface area (Å²) in [6, 6.07) is 5.55. The molecule has 1 saturated heterocycles. The number of urea groups is 1. The van der Waals surface area contributed by atoms with Gasteiger partial charge in [-0.15, -0.1) is 0 Å². The Morgan fingerprint density at radius 3 is 2.53 bits per heavy atom. The van der Waals surface area contributed by atoms with Crippen LogP contribution in [-0.4, -0.2) is 23.9 Å². The first-order valence-electron chi connectivity index (χ1n) is 5.71. The van der Waals surface area contributed by atoms with Crippen LogP contribution < -0.4 is 16.0 Å². The highest BCUT2D eigenvalue weighted by Crippen LogP contribution is 2.14. The van der Waals surface area contributed by atoms with E-state index in [1.54, 1.807) is 24.3 Å². The number of carbonyl (C=O) groups is 3. The molecule has 0 bridgehead atoms. The van der Waals surface area contributed by atoms with Crippen LogP contribution in [0.25, 0.3) is 0 Å². The van der Waals surface area contributed by atoms with Gasteiger partial charge < -0.3 is 10.6 Å². The van der Waals surface area contributed by atoms with Gasteiger partial charge in [-0.2, -0.15) is 0 Å². The lowest BCUT2D eigenvalue weighted by Crippen LogP contribution is -2.30. The van der Waals surface area contributed by atoms with E-state index in [4.69, 9.17) is 11.6 Å². The van der Waals surface area contributed by atoms with E-state index in [1.807, 2.05) is 0 Å². The van der Waals surface area contributed by atoms with Gasteiger partial charge in [-0.1, -0.05) is 11.6 Å². The molecule has 100 valence electrons. The Labute approximate surface area is 114 Å². The number of hydrogen-bond donors (Lipinski definition) is 3. The van der Waals surface area contributed by atoms with Gasteiger partial charge >= 0.3 is 6.03 Å². The lowest BCUT2D eigenvalue weighted by molar-refractivity contribution is -0.120. The smallest absolute Gasteiger partial charge is 0.322 e. The Kier molecular flexibility index (Phi) is 4.01. The van der Waals surface area contributed by atoms with E-state index in [9.17, 15) is 14.4 Å². The lowest BCUT2D eigenvalue weighted by Gasteiger charge is -2.08. The van der Waals surface area contributed by atoms with Crippen LogP contribution in [0.5, 0.6) is 0 Å². The second-order valence-corrected chi connectivity index (χ2v) is 4.55. The minimum atomic E-state index is -0.636. The first kappa shape index (κ1) is 13.4. The van der Waals surface area contributed by atoms with Gasteiger partial charge in [0.2, 0.25) is 5.91 Å². The molecule has 0 radical (unpaired) electrons. The van der Waals surface area contributed by atoms with Crippen molar-refractivity contribution < 1.29 is 14.4 Å². The largest absolute Gasteiger partial charge is 0.326 e. The molecule has 1 aliphatic rings. The van der Waals surface area contributed by atoms with E-state index in [0.717, 1.165) is 0 Å². The Morgan fingerprint density at radius 1 is 1.26 bits per heavy atom. The van der Waals surface area contributed by atoms with Crippen molar-refractivity contribution in [3.63, 3.8) is 0 Å². The van der Waals surface area contributed by atoms with E-state index in [2.05, 4.69) is 16.0 Å². The van der Waals surface area contributed by atoms with Crippen molar-refractivity contribution in [2.24, 2.45) is 0 Å². The summed E-state index contributed by atoms with van der Waals surface area (Å²) >= 11 is 5.73. The molecule has 0 spiro atoms. The van der Waals surface area contributed by atoms with Crippen molar-refractivity contribution in [2.75, 3.05) is 5.32 Å². The molecule has 1 aromatic rings. The molecule has 2 rings (SSSR count). The summed E-state index contributed by atoms with van der Waals surface area (Å²) in [6.45, 7) is 0. The summed E-state index contributed by atoms with van der Waals surface area (Å²) in [5.41, 5.74) is 0.634. The summed E-state index contributed by atoms with van der Waals surface area (Å²) in [7, 11) is 0. The molecule has 0 saturated carbocycles. The van der Waals surface area contributed by atoms with Gasteiger partial charge in [0.15, 0.2) is 0 Å². The second-order valence-electron chi connectivity index (χ2n) is 4.11. The number of rotatable bonds is 4. The maximum Gasteiger partial charge on any atom is 0.322 e. The normalized spacial score (nSPS) is 17.8. The van der Waals surface area contributed by atoms with Crippen LogP contribution in [0.4, 0.5) is 10.5 Å². The van der Waals surface area contributed by atoms with Gasteiger partial charge in [-0.3, -0.25) is 14.9 Å². The van der Waals surface area contributed by atoms with Gasteiger partial charge in [0.05, 0.1) is 0 Å². The van der Waals surface area contributed by atoms with Gasteiger partial charge in [0.25, 0.3) is 5.91 Å². The number of benzene rings is 1. The molecule has 0 aromatic heterocycles. The fraction of sp³-hybridized carbons (Fsp3) is 0.250. The molecule has 1 aromatic carbocycles. The molecule has 1 aliphatic heterocycles. The summed E-state index contributed by atoms with van der Waals surface area (Å²) in [6.07, 6.45) is 0.401. The molecule has 1 fully saturated rings. The molecule has 19 heavy (non-hydrogen) atoms. The Hall–Kier alpha value is -2.08. The van der Waals surface area contributed by atoms with Crippen LogP contribution in [-0.2, 0) is 9.59 Å². The highest BCUT2D eigenvalue weighted by Gasteiger charge is 2.29. The Morgan fingerprint density at radius 2 is 1.95 bits per heavy atom. The number of hydrogen-bond acceptors (Lipinski definition) is 3. The standard InChI is InChI=1S/C12H12ClN3O3/c13-7-1-3-8(4-2-7)14-10(17)6-5-9-11(18)16-12(19)15-9/h1-4,9H,5-6H2,(H,14,17)(H2,15,16,18,19)/t9-/m0/s1. The summed E-state index contributed by atoms with van der Waals surface area (Å²) < 4.78 is 0. The molecule has 1 atom stereocenters. The third-order valence-electron chi connectivity index (χ3n) is 2.65. The van der Waals surface area contributed by atoms with E-state index in [0.29, 0.717) is 10.7 Å². The third-order valence-corrected chi connectivity index (χ3v) is 2.90. The molecule has 3 N–H and O–H groups in total. The first-order valence-corrected chi connectivity index (χ1v) is 6.09. The Bertz CT molecular complexity index is 515. The quantitative estimate of drug-likeness (QED) is 0.726. The monoisotopic (exact) mass is 281 g/mol. The number of anilines is 1. The zero-order valence-corrected chi connectivity index (χ0v) is 10.7. The molecule has 7 heteroatoms. The maximum absolute atomic E-state index is 11.7. The first-order chi connectivity index (χ1) is 9.04. The predicted octanol–water partition coefficient (Wildman–Crippen LogP) is 1.27. The van der Waals surface area contributed by atoms with Crippen LogP contribution in [0, 0.1) is 0 Å². The summed E-state index contributed by atoms with van der Waals surface area (Å²) in [5, 5.41) is 7.81. The zero-order chi connectivity index (χ0) is 13.8.